The molecule has 0 spiro atoms. The maximum Gasteiger partial charge on any atom is 0.226 e. The van der Waals surface area contributed by atoms with Crippen LogP contribution in [0.3, 0.4) is 0 Å². The van der Waals surface area contributed by atoms with Crippen molar-refractivity contribution in [3.05, 3.63) is 53.4 Å². The van der Waals surface area contributed by atoms with Crippen LogP contribution in [0.2, 0.25) is 0 Å². The van der Waals surface area contributed by atoms with Gasteiger partial charge in [-0.15, -0.1) is 34.2 Å². The number of fused-ring (bicyclic) bond motifs is 1. The molecule has 32 heavy (non-hydrogen) atoms. The molecule has 3 aromatic rings. The molecule has 0 aliphatic carbocycles. The quantitative estimate of drug-likeness (QED) is 0.264. The van der Waals surface area contributed by atoms with E-state index in [1.54, 1.807) is 6.26 Å². The van der Waals surface area contributed by atoms with Crippen LogP contribution in [0.25, 0.3) is 11.5 Å². The first-order chi connectivity index (χ1) is 15.2. The zero-order valence-electron chi connectivity index (χ0n) is 18.8. The van der Waals surface area contributed by atoms with Crippen molar-refractivity contribution in [2.45, 2.75) is 59.0 Å². The first-order valence-electron chi connectivity index (χ1n) is 11.2. The van der Waals surface area contributed by atoms with Crippen molar-refractivity contribution in [3.63, 3.8) is 0 Å². The lowest BCUT2D eigenvalue weighted by Gasteiger charge is -2.11. The molecule has 0 saturated carbocycles. The minimum Gasteiger partial charge on any atom is -0.444 e. The van der Waals surface area contributed by atoms with E-state index in [4.69, 9.17) is 4.42 Å². The molecular formula is C23H32IN7O. The summed E-state index contributed by atoms with van der Waals surface area (Å²) >= 11 is 0. The summed E-state index contributed by atoms with van der Waals surface area (Å²) in [5, 5.41) is 15.5. The SMILES string of the molecule is CCNC(=NCc1coc(-c2ccc(C)cc2)n1)NCCc1nnc2n1CCCCC2.I. The van der Waals surface area contributed by atoms with Crippen LogP contribution in [0.4, 0.5) is 0 Å². The molecule has 2 aromatic heterocycles. The highest BCUT2D eigenvalue weighted by Gasteiger charge is 2.14. The van der Waals surface area contributed by atoms with Crippen LogP contribution in [-0.2, 0) is 25.9 Å². The number of benzene rings is 1. The third-order valence-electron chi connectivity index (χ3n) is 5.42. The number of oxazole rings is 1. The second kappa shape index (κ2) is 12.0. The summed E-state index contributed by atoms with van der Waals surface area (Å²) in [6, 6.07) is 8.15. The van der Waals surface area contributed by atoms with Gasteiger partial charge in [-0.3, -0.25) is 0 Å². The van der Waals surface area contributed by atoms with Crippen LogP contribution in [0.15, 0.2) is 39.9 Å². The average Bonchev–Trinajstić information content (AvgIpc) is 3.33. The predicted molar refractivity (Wildman–Crippen MR) is 136 cm³/mol. The third kappa shape index (κ3) is 6.30. The minimum atomic E-state index is 0. The van der Waals surface area contributed by atoms with Crippen LogP contribution in [0.1, 0.15) is 49.1 Å². The molecule has 1 aromatic carbocycles. The number of rotatable bonds is 7. The summed E-state index contributed by atoms with van der Waals surface area (Å²) in [5.74, 6) is 3.57. The molecule has 2 N–H and O–H groups in total. The maximum atomic E-state index is 5.64. The van der Waals surface area contributed by atoms with E-state index in [-0.39, 0.29) is 24.0 Å². The van der Waals surface area contributed by atoms with E-state index in [1.165, 1.54) is 24.8 Å². The van der Waals surface area contributed by atoms with Crippen molar-refractivity contribution >= 4 is 29.9 Å². The monoisotopic (exact) mass is 549 g/mol. The fourth-order valence-electron chi connectivity index (χ4n) is 3.73. The molecule has 4 rings (SSSR count). The van der Waals surface area contributed by atoms with Gasteiger partial charge in [0.2, 0.25) is 5.89 Å². The molecule has 0 bridgehead atoms. The highest BCUT2D eigenvalue weighted by molar-refractivity contribution is 14.0. The molecule has 0 amide bonds. The summed E-state index contributed by atoms with van der Waals surface area (Å²) < 4.78 is 7.93. The Balaban J connectivity index is 0.00000289. The summed E-state index contributed by atoms with van der Waals surface area (Å²) in [5.41, 5.74) is 2.98. The normalized spacial score (nSPS) is 13.8. The fraction of sp³-hybridized carbons (Fsp3) is 0.478. The molecular weight excluding hydrogens is 517 g/mol. The Bertz CT molecular complexity index is 1010. The van der Waals surface area contributed by atoms with E-state index in [2.05, 4.69) is 61.4 Å². The van der Waals surface area contributed by atoms with Gasteiger partial charge in [0, 0.05) is 38.0 Å². The largest absolute Gasteiger partial charge is 0.444 e. The van der Waals surface area contributed by atoms with Gasteiger partial charge >= 0.3 is 0 Å². The second-order valence-corrected chi connectivity index (χ2v) is 7.88. The molecule has 0 atom stereocenters. The predicted octanol–water partition coefficient (Wildman–Crippen LogP) is 3.88. The van der Waals surface area contributed by atoms with Gasteiger partial charge in [0.15, 0.2) is 5.96 Å². The van der Waals surface area contributed by atoms with Crippen LogP contribution in [-0.4, -0.2) is 38.8 Å². The Morgan fingerprint density at radius 2 is 1.97 bits per heavy atom. The molecule has 1 aliphatic rings. The van der Waals surface area contributed by atoms with Gasteiger partial charge in [0.05, 0.1) is 6.54 Å². The van der Waals surface area contributed by atoms with E-state index in [0.717, 1.165) is 61.3 Å². The first-order valence-corrected chi connectivity index (χ1v) is 11.2. The zero-order chi connectivity index (χ0) is 21.5. The van der Waals surface area contributed by atoms with Crippen molar-refractivity contribution in [2.75, 3.05) is 13.1 Å². The summed E-state index contributed by atoms with van der Waals surface area (Å²) in [7, 11) is 0. The van der Waals surface area contributed by atoms with E-state index in [0.29, 0.717) is 12.4 Å². The van der Waals surface area contributed by atoms with Crippen LogP contribution in [0.5, 0.6) is 0 Å². The van der Waals surface area contributed by atoms with Crippen LogP contribution in [0, 0.1) is 6.92 Å². The number of aromatic nitrogens is 4. The highest BCUT2D eigenvalue weighted by atomic mass is 127. The molecule has 3 heterocycles. The molecule has 1 aliphatic heterocycles. The number of hydrogen-bond donors (Lipinski definition) is 2. The molecule has 0 radical (unpaired) electrons. The third-order valence-corrected chi connectivity index (χ3v) is 5.42. The van der Waals surface area contributed by atoms with E-state index < -0.39 is 0 Å². The second-order valence-electron chi connectivity index (χ2n) is 7.88. The van der Waals surface area contributed by atoms with Gasteiger partial charge in [-0.1, -0.05) is 24.1 Å². The van der Waals surface area contributed by atoms with Crippen molar-refractivity contribution < 1.29 is 4.42 Å². The number of nitrogens with one attached hydrogen (secondary N) is 2. The smallest absolute Gasteiger partial charge is 0.226 e. The first kappa shape index (κ1) is 24.2. The summed E-state index contributed by atoms with van der Waals surface area (Å²) in [4.78, 5) is 9.22. The molecule has 0 fully saturated rings. The lowest BCUT2D eigenvalue weighted by atomic mass is 10.1. The Hall–Kier alpha value is -2.43. The van der Waals surface area contributed by atoms with Crippen LogP contribution < -0.4 is 10.6 Å². The number of hydrogen-bond acceptors (Lipinski definition) is 5. The fourth-order valence-corrected chi connectivity index (χ4v) is 3.73. The highest BCUT2D eigenvalue weighted by Crippen LogP contribution is 2.19. The van der Waals surface area contributed by atoms with Gasteiger partial charge in [-0.2, -0.15) is 0 Å². The molecule has 0 saturated heterocycles. The van der Waals surface area contributed by atoms with Crippen molar-refractivity contribution in [3.8, 4) is 11.5 Å². The van der Waals surface area contributed by atoms with E-state index in [9.17, 15) is 0 Å². The Morgan fingerprint density at radius 3 is 2.78 bits per heavy atom. The number of aryl methyl sites for hydroxylation is 2. The van der Waals surface area contributed by atoms with Gasteiger partial charge in [0.25, 0.3) is 0 Å². The Kier molecular flexibility index (Phi) is 9.07. The number of nitrogens with zero attached hydrogens (tertiary/aromatic N) is 5. The lowest BCUT2D eigenvalue weighted by Crippen LogP contribution is -2.38. The number of halogens is 1. The molecule has 9 heteroatoms. The van der Waals surface area contributed by atoms with E-state index >= 15 is 0 Å². The van der Waals surface area contributed by atoms with Gasteiger partial charge < -0.3 is 19.6 Å². The Labute approximate surface area is 206 Å². The molecule has 0 unspecified atom stereocenters. The standard InChI is InChI=1S/C23H31N7O.HI/c1-3-24-23(25-13-12-21-29-28-20-7-5-4-6-14-30(20)21)26-15-19-16-31-22(27-19)18-10-8-17(2)9-11-18;/h8-11,16H,3-7,12-15H2,1-2H3,(H2,24,25,26);1H. The molecule has 8 nitrogen and oxygen atoms in total. The van der Waals surface area contributed by atoms with Crippen LogP contribution >= 0.6 is 24.0 Å². The number of guanidine groups is 1. The summed E-state index contributed by atoms with van der Waals surface area (Å²) in [6.07, 6.45) is 7.21. The van der Waals surface area contributed by atoms with Gasteiger partial charge in [-0.25, -0.2) is 9.98 Å². The lowest BCUT2D eigenvalue weighted by molar-refractivity contribution is 0.572. The van der Waals surface area contributed by atoms with Gasteiger partial charge in [0.1, 0.15) is 23.6 Å². The maximum absolute atomic E-state index is 5.64. The number of aliphatic imine (C=N–C) groups is 1. The van der Waals surface area contributed by atoms with Crippen molar-refractivity contribution in [2.24, 2.45) is 4.99 Å². The van der Waals surface area contributed by atoms with Crippen molar-refractivity contribution in [1.29, 1.82) is 0 Å². The molecule has 172 valence electrons. The topological polar surface area (TPSA) is 93.2 Å². The average molecular weight is 549 g/mol. The summed E-state index contributed by atoms with van der Waals surface area (Å²) in [6.45, 7) is 7.14. The zero-order valence-corrected chi connectivity index (χ0v) is 21.1. The van der Waals surface area contributed by atoms with Crippen molar-refractivity contribution in [1.82, 2.24) is 30.4 Å². The van der Waals surface area contributed by atoms with Gasteiger partial charge in [-0.05, 0) is 38.8 Å². The minimum absolute atomic E-state index is 0. The van der Waals surface area contributed by atoms with E-state index in [1.807, 2.05) is 12.1 Å². The Morgan fingerprint density at radius 1 is 1.12 bits per heavy atom.